The molecule has 5 heteroatoms. The molecule has 1 heterocycles. The van der Waals surface area contributed by atoms with Gasteiger partial charge in [0.15, 0.2) is 0 Å². The quantitative estimate of drug-likeness (QED) is 0.816. The van der Waals surface area contributed by atoms with E-state index in [1.807, 2.05) is 0 Å². The Morgan fingerprint density at radius 2 is 1.89 bits per heavy atom. The molecule has 0 radical (unpaired) electrons. The van der Waals surface area contributed by atoms with Gasteiger partial charge in [-0.3, -0.25) is 9.69 Å². The number of hydrogen-bond acceptors (Lipinski definition) is 3. The normalized spacial score (nSPS) is 18.2. The number of piperidine rings is 1. The maximum atomic E-state index is 11.7. The predicted molar refractivity (Wildman–Crippen MR) is 78.0 cm³/mol. The van der Waals surface area contributed by atoms with Crippen LogP contribution in [0, 0.1) is 5.41 Å². The minimum Gasteiger partial charge on any atom is -0.355 e. The van der Waals surface area contributed by atoms with Crippen molar-refractivity contribution in [3.8, 4) is 0 Å². The molecule has 1 aliphatic rings. The molecule has 1 rings (SSSR count). The maximum absolute atomic E-state index is 11.7. The van der Waals surface area contributed by atoms with E-state index < -0.39 is 0 Å². The van der Waals surface area contributed by atoms with Gasteiger partial charge >= 0.3 is 0 Å². The van der Waals surface area contributed by atoms with Crippen LogP contribution in [0.5, 0.6) is 0 Å². The van der Waals surface area contributed by atoms with Gasteiger partial charge in [0.05, 0.1) is 6.54 Å². The van der Waals surface area contributed by atoms with Crippen molar-refractivity contribution in [2.75, 3.05) is 26.2 Å². The van der Waals surface area contributed by atoms with Gasteiger partial charge in [-0.2, -0.15) is 0 Å². The Morgan fingerprint density at radius 3 is 2.39 bits per heavy atom. The molecule has 0 aromatic carbocycles. The van der Waals surface area contributed by atoms with Gasteiger partial charge in [-0.1, -0.05) is 20.8 Å². The van der Waals surface area contributed by atoms with E-state index in [9.17, 15) is 4.79 Å². The minimum absolute atomic E-state index is 0. The van der Waals surface area contributed by atoms with Gasteiger partial charge in [-0.05, 0) is 24.7 Å². The first-order chi connectivity index (χ1) is 7.87. The Kier molecular flexibility index (Phi) is 7.83. The second-order valence-electron chi connectivity index (χ2n) is 6.27. The number of nitrogens with one attached hydrogen (secondary N) is 1. The largest absolute Gasteiger partial charge is 0.355 e. The monoisotopic (exact) mass is 277 g/mol. The molecule has 0 aliphatic carbocycles. The molecule has 3 N–H and O–H groups in total. The molecule has 1 aliphatic heterocycles. The first-order valence-electron chi connectivity index (χ1n) is 6.61. The molecule has 0 saturated carbocycles. The van der Waals surface area contributed by atoms with Crippen LogP contribution in [0.2, 0.25) is 0 Å². The summed E-state index contributed by atoms with van der Waals surface area (Å²) in [5, 5.41) is 2.99. The van der Waals surface area contributed by atoms with Crippen molar-refractivity contribution in [1.29, 1.82) is 0 Å². The molecule has 18 heavy (non-hydrogen) atoms. The standard InChI is InChI=1S/C13H27N3O.ClH/c1-13(2,3)6-7-15-12(17)10-16-8-4-11(14)5-9-16;/h11H,4-10,14H2,1-3H3,(H,15,17);1H. The van der Waals surface area contributed by atoms with Gasteiger partial charge in [0.1, 0.15) is 0 Å². The van der Waals surface area contributed by atoms with Gasteiger partial charge in [0.25, 0.3) is 0 Å². The lowest BCUT2D eigenvalue weighted by Crippen LogP contribution is -2.44. The topological polar surface area (TPSA) is 58.4 Å². The van der Waals surface area contributed by atoms with E-state index in [1.165, 1.54) is 0 Å². The number of hydrogen-bond donors (Lipinski definition) is 2. The third kappa shape index (κ3) is 7.90. The summed E-state index contributed by atoms with van der Waals surface area (Å²) in [7, 11) is 0. The summed E-state index contributed by atoms with van der Waals surface area (Å²) in [6.07, 6.45) is 3.04. The minimum atomic E-state index is 0. The molecule has 1 fully saturated rings. The van der Waals surface area contributed by atoms with Crippen molar-refractivity contribution in [2.24, 2.45) is 11.1 Å². The third-order valence-electron chi connectivity index (χ3n) is 3.20. The van der Waals surface area contributed by atoms with Gasteiger partial charge in [0, 0.05) is 25.7 Å². The van der Waals surface area contributed by atoms with E-state index in [0.717, 1.165) is 38.9 Å². The van der Waals surface area contributed by atoms with Gasteiger partial charge < -0.3 is 11.1 Å². The zero-order valence-electron chi connectivity index (χ0n) is 11.9. The third-order valence-corrected chi connectivity index (χ3v) is 3.20. The van der Waals surface area contributed by atoms with Gasteiger partial charge in [0.2, 0.25) is 5.91 Å². The molecule has 4 nitrogen and oxygen atoms in total. The van der Waals surface area contributed by atoms with E-state index in [0.29, 0.717) is 12.6 Å². The molecule has 0 aromatic heterocycles. The van der Waals surface area contributed by atoms with Crippen LogP contribution in [0.1, 0.15) is 40.0 Å². The Labute approximate surface area is 117 Å². The Morgan fingerprint density at radius 1 is 1.33 bits per heavy atom. The second-order valence-corrected chi connectivity index (χ2v) is 6.27. The lowest BCUT2D eigenvalue weighted by molar-refractivity contribution is -0.122. The average Bonchev–Trinajstić information content (AvgIpc) is 2.19. The van der Waals surface area contributed by atoms with E-state index in [1.54, 1.807) is 0 Å². The highest BCUT2D eigenvalue weighted by Gasteiger charge is 2.18. The molecule has 0 spiro atoms. The summed E-state index contributed by atoms with van der Waals surface area (Å²) < 4.78 is 0. The smallest absolute Gasteiger partial charge is 0.234 e. The van der Waals surface area contributed by atoms with Crippen LogP contribution in [-0.4, -0.2) is 43.0 Å². The van der Waals surface area contributed by atoms with E-state index in [4.69, 9.17) is 5.73 Å². The number of amides is 1. The van der Waals surface area contributed by atoms with Crippen molar-refractivity contribution in [1.82, 2.24) is 10.2 Å². The zero-order valence-corrected chi connectivity index (χ0v) is 12.7. The highest BCUT2D eigenvalue weighted by atomic mass is 35.5. The number of carbonyl (C=O) groups is 1. The van der Waals surface area contributed by atoms with Gasteiger partial charge in [-0.25, -0.2) is 0 Å². The summed E-state index contributed by atoms with van der Waals surface area (Å²) in [5.41, 5.74) is 6.11. The van der Waals surface area contributed by atoms with E-state index >= 15 is 0 Å². The van der Waals surface area contributed by atoms with Crippen LogP contribution < -0.4 is 11.1 Å². The first kappa shape index (κ1) is 17.7. The van der Waals surface area contributed by atoms with Crippen molar-refractivity contribution >= 4 is 18.3 Å². The number of halogens is 1. The molecular weight excluding hydrogens is 250 g/mol. The highest BCUT2D eigenvalue weighted by Crippen LogP contribution is 2.16. The van der Waals surface area contributed by atoms with Crippen molar-refractivity contribution in [3.05, 3.63) is 0 Å². The second kappa shape index (κ2) is 7.97. The fraction of sp³-hybridized carbons (Fsp3) is 0.923. The SMILES string of the molecule is CC(C)(C)CCNC(=O)CN1CCC(N)CC1.Cl. The fourth-order valence-corrected chi connectivity index (χ4v) is 1.95. The van der Waals surface area contributed by atoms with Crippen LogP contribution >= 0.6 is 12.4 Å². The predicted octanol–water partition coefficient (Wildman–Crippen LogP) is 1.38. The lowest BCUT2D eigenvalue weighted by atomic mass is 9.92. The van der Waals surface area contributed by atoms with E-state index in [-0.39, 0.29) is 23.7 Å². The van der Waals surface area contributed by atoms with Crippen LogP contribution in [0.3, 0.4) is 0 Å². The molecular formula is C13H28ClN3O. The number of rotatable bonds is 4. The summed E-state index contributed by atoms with van der Waals surface area (Å²) in [5.74, 6) is 0.143. The maximum Gasteiger partial charge on any atom is 0.234 e. The number of likely N-dealkylation sites (tertiary alicyclic amines) is 1. The van der Waals surface area contributed by atoms with Crippen molar-refractivity contribution in [3.63, 3.8) is 0 Å². The Bertz CT molecular complexity index is 245. The molecule has 0 atom stereocenters. The van der Waals surface area contributed by atoms with E-state index in [2.05, 4.69) is 31.0 Å². The first-order valence-corrected chi connectivity index (χ1v) is 6.61. The molecule has 1 saturated heterocycles. The van der Waals surface area contributed by atoms with Crippen LogP contribution in [0.15, 0.2) is 0 Å². The molecule has 1 amide bonds. The zero-order chi connectivity index (χ0) is 12.9. The summed E-state index contributed by atoms with van der Waals surface area (Å²) in [6.45, 7) is 9.76. The summed E-state index contributed by atoms with van der Waals surface area (Å²) in [4.78, 5) is 13.9. The summed E-state index contributed by atoms with van der Waals surface area (Å²) >= 11 is 0. The number of carbonyl (C=O) groups excluding carboxylic acids is 1. The molecule has 108 valence electrons. The van der Waals surface area contributed by atoms with Crippen LogP contribution in [-0.2, 0) is 4.79 Å². The number of nitrogens with zero attached hydrogens (tertiary/aromatic N) is 1. The van der Waals surface area contributed by atoms with Crippen LogP contribution in [0.4, 0.5) is 0 Å². The van der Waals surface area contributed by atoms with Gasteiger partial charge in [-0.15, -0.1) is 12.4 Å². The summed E-state index contributed by atoms with van der Waals surface area (Å²) in [6, 6.07) is 0.329. The van der Waals surface area contributed by atoms with Crippen LogP contribution in [0.25, 0.3) is 0 Å². The molecule has 0 aromatic rings. The van der Waals surface area contributed by atoms with Crippen molar-refractivity contribution < 1.29 is 4.79 Å². The molecule has 0 unspecified atom stereocenters. The molecule has 0 bridgehead atoms. The number of nitrogens with two attached hydrogens (primary N) is 1. The highest BCUT2D eigenvalue weighted by molar-refractivity contribution is 5.85. The Balaban J connectivity index is 0.00000289. The average molecular weight is 278 g/mol. The Hall–Kier alpha value is -0.320. The van der Waals surface area contributed by atoms with Crippen molar-refractivity contribution in [2.45, 2.75) is 46.1 Å². The fourth-order valence-electron chi connectivity index (χ4n) is 1.95. The lowest BCUT2D eigenvalue weighted by Gasteiger charge is -2.29.